The van der Waals surface area contributed by atoms with Gasteiger partial charge in [-0.1, -0.05) is 44.2 Å². The van der Waals surface area contributed by atoms with E-state index in [1.54, 1.807) is 0 Å². The highest BCUT2D eigenvalue weighted by Crippen LogP contribution is 2.35. The summed E-state index contributed by atoms with van der Waals surface area (Å²) in [4.78, 5) is 13.7. The fraction of sp³-hybridized carbons (Fsp3) is 0.588. The molecule has 1 aliphatic rings. The van der Waals surface area contributed by atoms with Crippen LogP contribution in [0.25, 0.3) is 0 Å². The summed E-state index contributed by atoms with van der Waals surface area (Å²) in [6, 6.07) is 10.1. The fourth-order valence-corrected chi connectivity index (χ4v) is 3.36. The van der Waals surface area contributed by atoms with Gasteiger partial charge in [-0.05, 0) is 49.8 Å². The van der Waals surface area contributed by atoms with Crippen molar-refractivity contribution in [2.75, 3.05) is 13.1 Å². The minimum Gasteiger partial charge on any atom is -0.480 e. The highest BCUT2D eigenvalue weighted by atomic mass is 16.4. The summed E-state index contributed by atoms with van der Waals surface area (Å²) < 4.78 is 0. The molecule has 1 N–H and O–H groups in total. The van der Waals surface area contributed by atoms with Crippen LogP contribution >= 0.6 is 0 Å². The lowest BCUT2D eigenvalue weighted by Gasteiger charge is -2.44. The average molecular weight is 275 g/mol. The van der Waals surface area contributed by atoms with Gasteiger partial charge in [-0.25, -0.2) is 0 Å². The van der Waals surface area contributed by atoms with Gasteiger partial charge in [-0.3, -0.25) is 9.69 Å². The number of hydrogen-bond donors (Lipinski definition) is 1. The van der Waals surface area contributed by atoms with Crippen LogP contribution in [0.2, 0.25) is 0 Å². The van der Waals surface area contributed by atoms with Gasteiger partial charge in [0, 0.05) is 0 Å². The molecule has 0 aromatic heterocycles. The molecule has 0 bridgehead atoms. The second-order valence-corrected chi connectivity index (χ2v) is 6.46. The highest BCUT2D eigenvalue weighted by molar-refractivity contribution is 5.74. The Kier molecular flexibility index (Phi) is 4.81. The summed E-state index contributed by atoms with van der Waals surface area (Å²) in [5.74, 6) is -0.672. The van der Waals surface area contributed by atoms with Crippen molar-refractivity contribution in [3.8, 4) is 0 Å². The van der Waals surface area contributed by atoms with Gasteiger partial charge >= 0.3 is 5.97 Å². The van der Waals surface area contributed by atoms with Gasteiger partial charge in [0.25, 0.3) is 0 Å². The molecular weight excluding hydrogens is 250 g/mol. The summed E-state index contributed by atoms with van der Waals surface area (Å²) in [6.07, 6.45) is 4.13. The number of nitrogens with zero attached hydrogens (tertiary/aromatic N) is 1. The van der Waals surface area contributed by atoms with Crippen LogP contribution in [0.1, 0.15) is 38.7 Å². The van der Waals surface area contributed by atoms with E-state index in [9.17, 15) is 9.90 Å². The number of carboxylic acid groups (broad SMARTS) is 1. The smallest absolute Gasteiger partial charge is 0.321 e. The standard InChI is InChI=1S/C17H25NO2/c1-17(2)11-7-13-18(15(17)16(19)20)12-6-10-14-8-4-3-5-9-14/h3-5,8-9,15H,6-7,10-13H2,1-2H3,(H,19,20). The molecule has 2 rings (SSSR count). The summed E-state index contributed by atoms with van der Waals surface area (Å²) in [6.45, 7) is 5.94. The van der Waals surface area contributed by atoms with E-state index in [4.69, 9.17) is 0 Å². The zero-order chi connectivity index (χ0) is 14.6. The molecule has 1 saturated heterocycles. The lowest BCUT2D eigenvalue weighted by Crippen LogP contribution is -2.54. The topological polar surface area (TPSA) is 40.5 Å². The van der Waals surface area contributed by atoms with Crippen LogP contribution in [0, 0.1) is 5.41 Å². The van der Waals surface area contributed by atoms with E-state index in [1.165, 1.54) is 5.56 Å². The van der Waals surface area contributed by atoms with E-state index >= 15 is 0 Å². The number of carboxylic acids is 1. The Labute approximate surface area is 121 Å². The quantitative estimate of drug-likeness (QED) is 0.897. The Morgan fingerprint density at radius 1 is 1.35 bits per heavy atom. The molecule has 20 heavy (non-hydrogen) atoms. The molecule has 1 atom stereocenters. The minimum absolute atomic E-state index is 0.128. The van der Waals surface area contributed by atoms with Crippen molar-refractivity contribution in [3.05, 3.63) is 35.9 Å². The molecule has 3 nitrogen and oxygen atoms in total. The third-order valence-electron chi connectivity index (χ3n) is 4.36. The van der Waals surface area contributed by atoms with Gasteiger partial charge < -0.3 is 5.11 Å². The van der Waals surface area contributed by atoms with Crippen LogP contribution in [-0.2, 0) is 11.2 Å². The molecule has 1 heterocycles. The molecule has 0 radical (unpaired) electrons. The number of benzene rings is 1. The SMILES string of the molecule is CC1(C)CCCN(CCCc2ccccc2)C1C(=O)O. The van der Waals surface area contributed by atoms with Crippen LogP contribution in [0.3, 0.4) is 0 Å². The van der Waals surface area contributed by atoms with E-state index in [-0.39, 0.29) is 11.5 Å². The first-order chi connectivity index (χ1) is 9.50. The fourth-order valence-electron chi connectivity index (χ4n) is 3.36. The first-order valence-electron chi connectivity index (χ1n) is 7.51. The third kappa shape index (κ3) is 3.60. The van der Waals surface area contributed by atoms with Crippen molar-refractivity contribution in [2.24, 2.45) is 5.41 Å². The van der Waals surface area contributed by atoms with Crippen LogP contribution in [-0.4, -0.2) is 35.1 Å². The molecule has 1 aliphatic heterocycles. The van der Waals surface area contributed by atoms with E-state index in [0.29, 0.717) is 0 Å². The van der Waals surface area contributed by atoms with Crippen LogP contribution in [0.4, 0.5) is 0 Å². The maximum absolute atomic E-state index is 11.6. The van der Waals surface area contributed by atoms with Crippen molar-refractivity contribution in [2.45, 2.75) is 45.6 Å². The Balaban J connectivity index is 1.92. The van der Waals surface area contributed by atoms with E-state index in [0.717, 1.165) is 38.8 Å². The number of likely N-dealkylation sites (tertiary alicyclic amines) is 1. The normalized spacial score (nSPS) is 22.6. The van der Waals surface area contributed by atoms with Crippen molar-refractivity contribution in [1.29, 1.82) is 0 Å². The molecular formula is C17H25NO2. The van der Waals surface area contributed by atoms with Crippen molar-refractivity contribution < 1.29 is 9.90 Å². The van der Waals surface area contributed by atoms with Gasteiger partial charge in [-0.15, -0.1) is 0 Å². The molecule has 1 unspecified atom stereocenters. The van der Waals surface area contributed by atoms with Gasteiger partial charge in [0.15, 0.2) is 0 Å². The lowest BCUT2D eigenvalue weighted by molar-refractivity contribution is -0.150. The van der Waals surface area contributed by atoms with E-state index < -0.39 is 5.97 Å². The minimum atomic E-state index is -0.672. The van der Waals surface area contributed by atoms with Crippen molar-refractivity contribution in [1.82, 2.24) is 4.90 Å². The first kappa shape index (κ1) is 15.0. The van der Waals surface area contributed by atoms with Crippen LogP contribution in [0.15, 0.2) is 30.3 Å². The summed E-state index contributed by atoms with van der Waals surface area (Å²) in [5, 5.41) is 9.52. The molecule has 0 amide bonds. The molecule has 0 saturated carbocycles. The Bertz CT molecular complexity index is 442. The molecule has 1 fully saturated rings. The van der Waals surface area contributed by atoms with Crippen LogP contribution < -0.4 is 0 Å². The Morgan fingerprint density at radius 3 is 2.70 bits per heavy atom. The number of aryl methyl sites for hydroxylation is 1. The maximum atomic E-state index is 11.6. The molecule has 3 heteroatoms. The largest absolute Gasteiger partial charge is 0.480 e. The van der Waals surface area contributed by atoms with Crippen molar-refractivity contribution >= 4 is 5.97 Å². The number of hydrogen-bond acceptors (Lipinski definition) is 2. The first-order valence-corrected chi connectivity index (χ1v) is 7.51. The average Bonchev–Trinajstić information content (AvgIpc) is 2.38. The highest BCUT2D eigenvalue weighted by Gasteiger charge is 2.41. The molecule has 1 aromatic rings. The molecule has 0 aliphatic carbocycles. The van der Waals surface area contributed by atoms with Gasteiger partial charge in [0.2, 0.25) is 0 Å². The molecule has 1 aromatic carbocycles. The Hall–Kier alpha value is -1.35. The summed E-state index contributed by atoms with van der Waals surface area (Å²) in [5.41, 5.74) is 1.20. The number of aliphatic carboxylic acids is 1. The number of rotatable bonds is 5. The van der Waals surface area contributed by atoms with Crippen molar-refractivity contribution in [3.63, 3.8) is 0 Å². The molecule has 0 spiro atoms. The lowest BCUT2D eigenvalue weighted by atomic mass is 9.76. The van der Waals surface area contributed by atoms with Crippen LogP contribution in [0.5, 0.6) is 0 Å². The molecule has 110 valence electrons. The second-order valence-electron chi connectivity index (χ2n) is 6.46. The second kappa shape index (κ2) is 6.40. The van der Waals surface area contributed by atoms with Gasteiger partial charge in [0.05, 0.1) is 0 Å². The number of carbonyl (C=O) groups is 1. The van der Waals surface area contributed by atoms with E-state index in [2.05, 4.69) is 43.0 Å². The summed E-state index contributed by atoms with van der Waals surface area (Å²) in [7, 11) is 0. The predicted molar refractivity (Wildman–Crippen MR) is 80.8 cm³/mol. The predicted octanol–water partition coefficient (Wildman–Crippen LogP) is 3.19. The van der Waals surface area contributed by atoms with Gasteiger partial charge in [0.1, 0.15) is 6.04 Å². The Morgan fingerprint density at radius 2 is 2.05 bits per heavy atom. The zero-order valence-corrected chi connectivity index (χ0v) is 12.5. The van der Waals surface area contributed by atoms with E-state index in [1.807, 2.05) is 6.07 Å². The monoisotopic (exact) mass is 275 g/mol. The summed E-state index contributed by atoms with van der Waals surface area (Å²) >= 11 is 0. The third-order valence-corrected chi connectivity index (χ3v) is 4.36. The van der Waals surface area contributed by atoms with Gasteiger partial charge in [-0.2, -0.15) is 0 Å². The maximum Gasteiger partial charge on any atom is 0.321 e. The number of piperidine rings is 1. The zero-order valence-electron chi connectivity index (χ0n) is 12.5.